The Balaban J connectivity index is 0.000000340. The van der Waals surface area contributed by atoms with Gasteiger partial charge in [0, 0.05) is 154 Å². The zero-order valence-corrected chi connectivity index (χ0v) is 88.8. The first-order valence-corrected chi connectivity index (χ1v) is 49.6. The van der Waals surface area contributed by atoms with Gasteiger partial charge in [0.15, 0.2) is 17.5 Å². The minimum atomic E-state index is -0.536. The number of carbonyl (C=O) groups is 2. The van der Waals surface area contributed by atoms with E-state index in [1.165, 1.54) is 46.9 Å². The van der Waals surface area contributed by atoms with E-state index in [4.69, 9.17) is 92.8 Å². The molecule has 139 heavy (non-hydrogen) atoms. The maximum atomic E-state index is 11.3. The number of phenolic OH excluding ortho intramolecular Hbond substituents is 3. The van der Waals surface area contributed by atoms with Gasteiger partial charge in [0.25, 0.3) is 5.56 Å². The van der Waals surface area contributed by atoms with Crippen molar-refractivity contribution in [2.24, 2.45) is 17.2 Å². The third-order valence-corrected chi connectivity index (χ3v) is 23.4. The SMILES string of the molecule is CC(C)N.CC(C)Nc1cc(CCCc2ccc(O)cc2)nc(-c2csc3ccccc23)n1.CC(C)O.CC(C)O.CCO.CCOC(=O)CC(=O)OCC.Cl.Clc1cc(Cl)nc(-c2csc3ccccc23)n1.N=C(N)c1csc2ccccc12.NCCc1ccc(O)cc1.O=c1cc(O)nc(-c2csc3ccccc23)[nH]1.Oc1ccc(CCCc2cc(Cl)nc(-c3csc4ccccc34)n2)cc1.[H-].[Na+]. The van der Waals surface area contributed by atoms with E-state index < -0.39 is 11.9 Å². The molecule has 0 aliphatic heterocycles. The third kappa shape index (κ3) is 42.6. The Hall–Kier alpha value is -11.0. The van der Waals surface area contributed by atoms with E-state index in [2.05, 4.69) is 113 Å². The molecule has 732 valence electrons. The molecule has 16 N–H and O–H groups in total. The summed E-state index contributed by atoms with van der Waals surface area (Å²) in [4.78, 5) is 66.3. The quantitative estimate of drug-likeness (QED) is 0.00793. The predicted octanol–water partition coefficient (Wildman–Crippen LogP) is 21.2. The molecule has 0 atom stereocenters. The number of aromatic nitrogens is 8. The number of phenols is 3. The number of esters is 2. The first kappa shape index (κ1) is 119. The number of hydrogen-bond donors (Lipinski definition) is 13. The summed E-state index contributed by atoms with van der Waals surface area (Å²) in [7, 11) is 0. The number of benzene rings is 8. The van der Waals surface area contributed by atoms with Crippen LogP contribution in [0.15, 0.2) is 250 Å². The van der Waals surface area contributed by atoms with Crippen molar-refractivity contribution in [1.82, 2.24) is 39.9 Å². The molecule has 35 heteroatoms. The van der Waals surface area contributed by atoms with Gasteiger partial charge in [-0.15, -0.1) is 69.1 Å². The molecule has 9 aromatic heterocycles. The molecule has 25 nitrogen and oxygen atoms in total. The van der Waals surface area contributed by atoms with Crippen LogP contribution in [0.5, 0.6) is 23.1 Å². The zero-order chi connectivity index (χ0) is 99.9. The van der Waals surface area contributed by atoms with Gasteiger partial charge >= 0.3 is 41.5 Å². The van der Waals surface area contributed by atoms with E-state index in [-0.39, 0.29) is 99.1 Å². The molecule has 0 saturated carbocycles. The van der Waals surface area contributed by atoms with Crippen molar-refractivity contribution < 1.29 is 85.8 Å². The Morgan fingerprint density at radius 1 is 0.460 bits per heavy atom. The number of nitrogens with one attached hydrogen (secondary N) is 3. The van der Waals surface area contributed by atoms with Crippen molar-refractivity contribution in [1.29, 1.82) is 5.41 Å². The summed E-state index contributed by atoms with van der Waals surface area (Å²) in [5, 5.41) is 88.3. The van der Waals surface area contributed by atoms with Crippen LogP contribution < -0.4 is 57.6 Å². The Labute approximate surface area is 875 Å². The Morgan fingerprint density at radius 3 is 1.14 bits per heavy atom. The van der Waals surface area contributed by atoms with Gasteiger partial charge in [-0.05, 0) is 209 Å². The number of nitrogens with two attached hydrogens (primary N) is 3. The molecule has 9 heterocycles. The fourth-order valence-electron chi connectivity index (χ4n) is 12.4. The van der Waals surface area contributed by atoms with Crippen LogP contribution in [-0.4, -0.2) is 144 Å². The van der Waals surface area contributed by atoms with Gasteiger partial charge in [0.1, 0.15) is 56.6 Å². The fourth-order valence-corrected chi connectivity index (χ4v) is 17.7. The number of aliphatic hydroxyl groups is 3. The van der Waals surface area contributed by atoms with Gasteiger partial charge in [0.05, 0.1) is 19.3 Å². The summed E-state index contributed by atoms with van der Waals surface area (Å²) in [6.07, 6.45) is 5.80. The minimum absolute atomic E-state index is 0. The van der Waals surface area contributed by atoms with Gasteiger partial charge < -0.3 is 74.1 Å². The molecule has 0 aliphatic carbocycles. The first-order valence-electron chi connectivity index (χ1n) is 44.1. The number of hydrogen-bond acceptors (Lipinski definition) is 28. The van der Waals surface area contributed by atoms with E-state index in [9.17, 15) is 29.7 Å². The number of nitrogen functional groups attached to an aromatic ring is 1. The fraction of sp³-hybridized carbons (Fsp3) is 0.260. The molecular weight excluding hydrogens is 1950 g/mol. The van der Waals surface area contributed by atoms with Crippen LogP contribution in [0, 0.1) is 5.41 Å². The maximum absolute atomic E-state index is 11.3. The van der Waals surface area contributed by atoms with Gasteiger partial charge in [0.2, 0.25) is 5.88 Å². The Bertz CT molecular complexity index is 6560. The standard InChI is InChI=1S/C24H25N3OS.C21H17ClN2OS.C12H6Cl2N2S.C12H8N2O2S.C9H8N2S.C8H11NO.C7H12O4.C3H9N.2C3H8O.C2H6O.ClH.Na.H/c1-16(2)25-23-14-18(7-5-6-17-10-12-19(28)13-11-17)26-24(27-23)21-15-29-22-9-4-3-8-20(21)22;22-20-12-15(5-3-4-14-8-10-16(25)11-9-14)23-21(24-20)18-13-26-19-7-2-1-6-17(18)19;13-10-5-11(14)16-12(15-10)8-6-17-9-4-2-1-3-7(8)9;15-10-5-11(16)14-12(13-10)8-6-17-9-4-2-1-3-7(8)9;10-9(11)7-5-12-8-4-2-1-3-6(7)8;9-6-5-7-1-3-8(10)4-2-7;1-3-10-6(8)5-7(9)11-4-2;3*1-3(2)4;1-2-3;;;/h3-4,8-16,28H,5-7H2,1-2H3,(H,25,26,27);1-2,6-13,25H,3-5H2;1-6H;1-6H,(H2,13,14,15,16);1-5H,(H3,10,11);1-4,10H,5-6,9H2;3-5H2,1-2H3;3H,4H2,1-2H3;2*3-4H,1-2H3;3H,2H2,1H3;1H;;/q;;;;;;;;;;;;+1;-1. The van der Waals surface area contributed by atoms with Crippen LogP contribution in [0.4, 0.5) is 5.82 Å². The molecular formula is C104H120Cl4N13NaO12S5. The van der Waals surface area contributed by atoms with Crippen LogP contribution in [0.25, 0.3) is 96.0 Å². The molecule has 0 fully saturated rings. The topological polar surface area (TPSA) is 431 Å². The van der Waals surface area contributed by atoms with E-state index in [0.29, 0.717) is 68.8 Å². The maximum Gasteiger partial charge on any atom is 1.00 e. The summed E-state index contributed by atoms with van der Waals surface area (Å²) in [6.45, 7) is 21.5. The van der Waals surface area contributed by atoms with Gasteiger partial charge in [-0.3, -0.25) is 19.8 Å². The van der Waals surface area contributed by atoms with Crippen molar-refractivity contribution in [2.75, 3.05) is 31.7 Å². The second-order valence-electron chi connectivity index (χ2n) is 31.1. The number of amidine groups is 1. The van der Waals surface area contributed by atoms with Gasteiger partial charge in [-0.25, -0.2) is 29.9 Å². The number of rotatable bonds is 21. The molecule has 17 aromatic rings. The second kappa shape index (κ2) is 63.7. The normalized spacial score (nSPS) is 10.3. The number of fused-ring (bicyclic) bond motifs is 5. The van der Waals surface area contributed by atoms with Crippen LogP contribution in [0.1, 0.15) is 130 Å². The van der Waals surface area contributed by atoms with Crippen LogP contribution >= 0.6 is 104 Å². The number of thiophene rings is 5. The number of H-pyrrole nitrogens is 1. The largest absolute Gasteiger partial charge is 1.00 e. The number of ether oxygens (including phenoxy) is 2. The van der Waals surface area contributed by atoms with Crippen molar-refractivity contribution in [3.63, 3.8) is 0 Å². The average Bonchev–Trinajstić information content (AvgIpc) is 1.67. The van der Waals surface area contributed by atoms with E-state index in [1.807, 2.05) is 151 Å². The number of halogens is 4. The summed E-state index contributed by atoms with van der Waals surface area (Å²) in [5.41, 5.74) is 25.9. The van der Waals surface area contributed by atoms with Crippen LogP contribution in [0.2, 0.25) is 15.5 Å². The first-order chi connectivity index (χ1) is 65.7. The number of aromatic hydroxyl groups is 4. The number of carbonyl (C=O) groups excluding carboxylic acids is 2. The number of nitrogens with zero attached hydrogens (tertiary/aromatic N) is 7. The smallest absolute Gasteiger partial charge is 1.00 e. The summed E-state index contributed by atoms with van der Waals surface area (Å²) < 4.78 is 15.0. The third-order valence-electron chi connectivity index (χ3n) is 18.0. The van der Waals surface area contributed by atoms with Gasteiger partial charge in [-0.2, -0.15) is 4.98 Å². The Kier molecular flexibility index (Phi) is 54.3. The molecule has 0 aliphatic rings. The molecule has 0 saturated heterocycles. The molecule has 0 amide bonds. The summed E-state index contributed by atoms with van der Waals surface area (Å²) in [5.74, 6) is 3.03. The number of anilines is 1. The van der Waals surface area contributed by atoms with Crippen molar-refractivity contribution in [2.45, 2.75) is 152 Å². The molecule has 17 rings (SSSR count). The molecule has 0 spiro atoms. The summed E-state index contributed by atoms with van der Waals surface area (Å²) in [6, 6.07) is 69.6. The van der Waals surface area contributed by atoms with Crippen molar-refractivity contribution >= 4 is 178 Å². The Morgan fingerprint density at radius 2 is 0.777 bits per heavy atom. The zero-order valence-electron chi connectivity index (χ0n) is 80.6. The van der Waals surface area contributed by atoms with Crippen molar-refractivity contribution in [3.05, 3.63) is 305 Å². The number of aryl methyl sites for hydroxylation is 4. The molecule has 0 bridgehead atoms. The minimum Gasteiger partial charge on any atom is -1.00 e. The van der Waals surface area contributed by atoms with Gasteiger partial charge in [-0.1, -0.05) is 176 Å². The molecule has 0 unspecified atom stereocenters. The molecule has 8 aromatic carbocycles. The monoisotopic (exact) mass is 2070 g/mol. The predicted molar refractivity (Wildman–Crippen MR) is 577 cm³/mol. The van der Waals surface area contributed by atoms with Crippen molar-refractivity contribution in [3.8, 4) is 68.7 Å². The van der Waals surface area contributed by atoms with Crippen LogP contribution in [-0.2, 0) is 51.2 Å². The second-order valence-corrected chi connectivity index (χ2v) is 36.8. The number of aliphatic hydroxyl groups excluding tert-OH is 3. The van der Waals surface area contributed by atoms with E-state index >= 15 is 0 Å². The number of aromatic amines is 1. The van der Waals surface area contributed by atoms with E-state index in [1.54, 1.807) is 142 Å². The molecule has 0 radical (unpaired) electrons. The van der Waals surface area contributed by atoms with E-state index in [0.717, 1.165) is 128 Å². The summed E-state index contributed by atoms with van der Waals surface area (Å²) >= 11 is 26.3. The van der Waals surface area contributed by atoms with Crippen LogP contribution in [0.3, 0.4) is 0 Å². The average molecular weight is 2070 g/mol.